The Morgan fingerprint density at radius 1 is 1.42 bits per heavy atom. The van der Waals surface area contributed by atoms with Crippen molar-refractivity contribution in [2.75, 3.05) is 46.3 Å². The molecule has 2 N–H and O–H groups in total. The summed E-state index contributed by atoms with van der Waals surface area (Å²) >= 11 is 0. The van der Waals surface area contributed by atoms with Gasteiger partial charge in [-0.15, -0.1) is 0 Å². The van der Waals surface area contributed by atoms with Crippen LogP contribution in [0.1, 0.15) is 12.0 Å². The van der Waals surface area contributed by atoms with E-state index in [1.165, 1.54) is 7.11 Å². The molecule has 7 nitrogen and oxygen atoms in total. The molecule has 0 spiro atoms. The molecule has 2 rings (SSSR count). The van der Waals surface area contributed by atoms with Gasteiger partial charge in [-0.05, 0) is 24.1 Å². The summed E-state index contributed by atoms with van der Waals surface area (Å²) in [6, 6.07) is 7.60. The van der Waals surface area contributed by atoms with E-state index < -0.39 is 6.09 Å². The zero-order chi connectivity index (χ0) is 17.4. The summed E-state index contributed by atoms with van der Waals surface area (Å²) in [7, 11) is 5.16. The van der Waals surface area contributed by atoms with Crippen molar-refractivity contribution in [3.8, 4) is 0 Å². The number of hydrogen-bond acceptors (Lipinski definition) is 4. The van der Waals surface area contributed by atoms with Crippen LogP contribution in [0.15, 0.2) is 29.3 Å². The Hall–Kier alpha value is -2.28. The number of rotatable bonds is 5. The summed E-state index contributed by atoms with van der Waals surface area (Å²) in [5.74, 6) is 1.43. The third kappa shape index (κ3) is 5.42. The van der Waals surface area contributed by atoms with Crippen LogP contribution in [0.5, 0.6) is 0 Å². The second-order valence-electron chi connectivity index (χ2n) is 5.82. The Labute approximate surface area is 143 Å². The van der Waals surface area contributed by atoms with Gasteiger partial charge in [0.1, 0.15) is 0 Å². The van der Waals surface area contributed by atoms with Gasteiger partial charge >= 0.3 is 6.09 Å². The summed E-state index contributed by atoms with van der Waals surface area (Å²) in [5.41, 5.74) is 1.80. The number of benzene rings is 1. The Bertz CT molecular complexity index is 553. The smallest absolute Gasteiger partial charge is 0.411 e. The van der Waals surface area contributed by atoms with E-state index in [4.69, 9.17) is 4.74 Å². The first kappa shape index (κ1) is 18.1. The van der Waals surface area contributed by atoms with Gasteiger partial charge in [-0.25, -0.2) is 4.79 Å². The second-order valence-corrected chi connectivity index (χ2v) is 5.82. The average Bonchev–Trinajstić information content (AvgIpc) is 3.09. The van der Waals surface area contributed by atoms with Gasteiger partial charge in [0.25, 0.3) is 0 Å². The Balaban J connectivity index is 1.82. The lowest BCUT2D eigenvalue weighted by Gasteiger charge is -2.24. The van der Waals surface area contributed by atoms with Crippen molar-refractivity contribution in [1.29, 1.82) is 0 Å². The van der Waals surface area contributed by atoms with Crippen LogP contribution in [0.2, 0.25) is 0 Å². The Morgan fingerprint density at radius 2 is 2.17 bits per heavy atom. The molecule has 7 heteroatoms. The molecule has 1 aliphatic rings. The van der Waals surface area contributed by atoms with Crippen LogP contribution < -0.4 is 10.6 Å². The van der Waals surface area contributed by atoms with E-state index in [2.05, 4.69) is 25.3 Å². The molecule has 24 heavy (non-hydrogen) atoms. The molecule has 0 saturated carbocycles. The number of amides is 1. The van der Waals surface area contributed by atoms with E-state index in [9.17, 15) is 4.79 Å². The van der Waals surface area contributed by atoms with Crippen LogP contribution in [-0.2, 0) is 16.0 Å². The SMILES string of the molecule is CN=C(NCc1ccc(NC(=O)OC)cc1)N(C)CC1CCOC1. The highest BCUT2D eigenvalue weighted by molar-refractivity contribution is 5.84. The molecule has 1 fully saturated rings. The number of carbonyl (C=O) groups is 1. The lowest BCUT2D eigenvalue weighted by molar-refractivity contribution is 0.181. The summed E-state index contributed by atoms with van der Waals surface area (Å²) < 4.78 is 9.99. The molecule has 1 saturated heterocycles. The molecule has 1 unspecified atom stereocenters. The molecule has 132 valence electrons. The van der Waals surface area contributed by atoms with Crippen LogP contribution in [0.4, 0.5) is 10.5 Å². The fraction of sp³-hybridized carbons (Fsp3) is 0.529. The van der Waals surface area contributed by atoms with Crippen LogP contribution in [0, 0.1) is 5.92 Å². The lowest BCUT2D eigenvalue weighted by atomic mass is 10.1. The molecular formula is C17H26N4O3. The minimum absolute atomic E-state index is 0.473. The minimum Gasteiger partial charge on any atom is -0.453 e. The molecule has 0 aliphatic carbocycles. The third-order valence-corrected chi connectivity index (χ3v) is 3.97. The molecule has 1 aromatic rings. The van der Waals surface area contributed by atoms with Gasteiger partial charge in [-0.1, -0.05) is 12.1 Å². The monoisotopic (exact) mass is 334 g/mol. The molecule has 1 aliphatic heterocycles. The number of carbonyl (C=O) groups excluding carboxylic acids is 1. The van der Waals surface area contributed by atoms with E-state index in [1.54, 1.807) is 7.05 Å². The van der Waals surface area contributed by atoms with Crippen molar-refractivity contribution in [3.63, 3.8) is 0 Å². The van der Waals surface area contributed by atoms with E-state index in [0.717, 1.165) is 37.7 Å². The van der Waals surface area contributed by atoms with Crippen LogP contribution in [0.3, 0.4) is 0 Å². The number of aliphatic imine (C=N–C) groups is 1. The quantitative estimate of drug-likeness (QED) is 0.635. The van der Waals surface area contributed by atoms with Gasteiger partial charge in [-0.2, -0.15) is 0 Å². The highest BCUT2D eigenvalue weighted by atomic mass is 16.5. The van der Waals surface area contributed by atoms with Crippen LogP contribution >= 0.6 is 0 Å². The number of ether oxygens (including phenoxy) is 2. The minimum atomic E-state index is -0.473. The standard InChI is InChI=1S/C17H26N4O3/c1-18-16(21(2)11-14-8-9-24-12-14)19-10-13-4-6-15(7-5-13)20-17(22)23-3/h4-7,14H,8-12H2,1-3H3,(H,18,19)(H,20,22). The number of hydrogen-bond donors (Lipinski definition) is 2. The molecule has 1 amide bonds. The summed E-state index contributed by atoms with van der Waals surface area (Å²) in [6.45, 7) is 3.28. The maximum atomic E-state index is 11.2. The van der Waals surface area contributed by atoms with Gasteiger partial charge in [-0.3, -0.25) is 10.3 Å². The Kier molecular flexibility index (Phi) is 6.87. The molecule has 1 aromatic carbocycles. The molecule has 1 heterocycles. The van der Waals surface area contributed by atoms with Gasteiger partial charge < -0.3 is 19.7 Å². The first-order chi connectivity index (χ1) is 11.6. The number of nitrogens with zero attached hydrogens (tertiary/aromatic N) is 2. The van der Waals surface area contributed by atoms with Crippen molar-refractivity contribution in [2.45, 2.75) is 13.0 Å². The fourth-order valence-corrected chi connectivity index (χ4v) is 2.64. The van der Waals surface area contributed by atoms with Gasteiger partial charge in [0.05, 0.1) is 13.7 Å². The van der Waals surface area contributed by atoms with Crippen LogP contribution in [0.25, 0.3) is 0 Å². The number of guanidine groups is 1. The number of methoxy groups -OCH3 is 1. The summed E-state index contributed by atoms with van der Waals surface area (Å²) in [4.78, 5) is 17.6. The topological polar surface area (TPSA) is 75.2 Å². The first-order valence-corrected chi connectivity index (χ1v) is 8.05. The normalized spacial score (nSPS) is 17.5. The predicted octanol–water partition coefficient (Wildman–Crippen LogP) is 1.91. The Morgan fingerprint density at radius 3 is 2.75 bits per heavy atom. The van der Waals surface area contributed by atoms with Crippen molar-refractivity contribution in [1.82, 2.24) is 10.2 Å². The predicted molar refractivity (Wildman–Crippen MR) is 94.2 cm³/mol. The first-order valence-electron chi connectivity index (χ1n) is 8.05. The molecule has 0 aromatic heterocycles. The maximum Gasteiger partial charge on any atom is 0.411 e. The second kappa shape index (κ2) is 9.12. The average molecular weight is 334 g/mol. The van der Waals surface area contributed by atoms with Crippen LogP contribution in [-0.4, -0.2) is 57.9 Å². The van der Waals surface area contributed by atoms with Crippen molar-refractivity contribution >= 4 is 17.7 Å². The van der Waals surface area contributed by atoms with Gasteiger partial charge in [0, 0.05) is 45.4 Å². The summed E-state index contributed by atoms with van der Waals surface area (Å²) in [5, 5.41) is 5.98. The highest BCUT2D eigenvalue weighted by Gasteiger charge is 2.18. The maximum absolute atomic E-state index is 11.2. The third-order valence-electron chi connectivity index (χ3n) is 3.97. The van der Waals surface area contributed by atoms with E-state index in [1.807, 2.05) is 31.3 Å². The van der Waals surface area contributed by atoms with E-state index >= 15 is 0 Å². The molecule has 1 atom stereocenters. The lowest BCUT2D eigenvalue weighted by Crippen LogP contribution is -2.41. The largest absolute Gasteiger partial charge is 0.453 e. The van der Waals surface area contributed by atoms with E-state index in [0.29, 0.717) is 18.2 Å². The molecule has 0 radical (unpaired) electrons. The molecular weight excluding hydrogens is 308 g/mol. The highest BCUT2D eigenvalue weighted by Crippen LogP contribution is 2.13. The van der Waals surface area contributed by atoms with Gasteiger partial charge in [0.2, 0.25) is 0 Å². The summed E-state index contributed by atoms with van der Waals surface area (Å²) in [6.07, 6.45) is 0.634. The van der Waals surface area contributed by atoms with E-state index in [-0.39, 0.29) is 0 Å². The zero-order valence-electron chi connectivity index (χ0n) is 14.5. The van der Waals surface area contributed by atoms with Gasteiger partial charge in [0.15, 0.2) is 5.96 Å². The molecule has 0 bridgehead atoms. The van der Waals surface area contributed by atoms with Crippen molar-refractivity contribution in [3.05, 3.63) is 29.8 Å². The number of nitrogens with one attached hydrogen (secondary N) is 2. The fourth-order valence-electron chi connectivity index (χ4n) is 2.64. The number of anilines is 1. The van der Waals surface area contributed by atoms with Crippen molar-refractivity contribution < 1.29 is 14.3 Å². The zero-order valence-corrected chi connectivity index (χ0v) is 14.5. The van der Waals surface area contributed by atoms with Crippen molar-refractivity contribution in [2.24, 2.45) is 10.9 Å².